The number of hydrogen-bond donors (Lipinski definition) is 1. The number of aromatic nitrogens is 1. The van der Waals surface area contributed by atoms with Gasteiger partial charge in [-0.3, -0.25) is 4.79 Å². The zero-order valence-electron chi connectivity index (χ0n) is 19.5. The number of carbonyl (C=O) groups excluding carboxylic acids is 3. The number of benzene rings is 1. The molecule has 8 heteroatoms. The van der Waals surface area contributed by atoms with Crippen molar-refractivity contribution < 1.29 is 28.6 Å². The molecule has 0 aliphatic heterocycles. The Balaban J connectivity index is 2.22. The van der Waals surface area contributed by atoms with Gasteiger partial charge in [0, 0.05) is 11.6 Å². The van der Waals surface area contributed by atoms with Gasteiger partial charge < -0.3 is 24.1 Å². The van der Waals surface area contributed by atoms with Crippen molar-refractivity contribution in [2.24, 2.45) is 0 Å². The van der Waals surface area contributed by atoms with E-state index in [0.717, 1.165) is 0 Å². The maximum Gasteiger partial charge on any atom is 0.408 e. The molecule has 2 rings (SSSR count). The number of ether oxygens (including phenoxy) is 3. The molecular weight excluding hydrogens is 400 g/mol. The monoisotopic (exact) mass is 432 g/mol. The van der Waals surface area contributed by atoms with Crippen LogP contribution in [0.2, 0.25) is 0 Å². The summed E-state index contributed by atoms with van der Waals surface area (Å²) in [6.45, 7) is 13.6. The molecule has 1 heterocycles. The van der Waals surface area contributed by atoms with Crippen molar-refractivity contribution in [3.8, 4) is 5.75 Å². The third-order valence-electron chi connectivity index (χ3n) is 4.00. The van der Waals surface area contributed by atoms with E-state index in [2.05, 4.69) is 5.32 Å². The second kappa shape index (κ2) is 8.61. The third kappa shape index (κ3) is 7.01. The highest BCUT2D eigenvalue weighted by atomic mass is 16.6. The minimum absolute atomic E-state index is 0.0329. The normalized spacial score (nSPS) is 12.4. The minimum atomic E-state index is -1.34. The van der Waals surface area contributed by atoms with Gasteiger partial charge in [-0.05, 0) is 67.5 Å². The molecule has 31 heavy (non-hydrogen) atoms. The van der Waals surface area contributed by atoms with E-state index < -0.39 is 34.8 Å². The summed E-state index contributed by atoms with van der Waals surface area (Å²) in [4.78, 5) is 37.2. The van der Waals surface area contributed by atoms with Gasteiger partial charge in [-0.15, -0.1) is 0 Å². The predicted molar refractivity (Wildman–Crippen MR) is 117 cm³/mol. The lowest BCUT2D eigenvalue weighted by Crippen LogP contribution is -2.52. The number of carbonyl (C=O) groups is 3. The Morgan fingerprint density at radius 3 is 2.06 bits per heavy atom. The largest absolute Gasteiger partial charge is 0.459 e. The molecular formula is C23H32N2O6. The molecule has 1 aromatic heterocycles. The number of nitrogens with one attached hydrogen (secondary N) is 1. The SMILES string of the molecule is CC(C)(C)OC(=O)Cn1cc(OC(=O)C(C)(C)NC(=O)OC(C)(C)C)c2ccccc21. The molecule has 0 aliphatic rings. The van der Waals surface area contributed by atoms with Gasteiger partial charge in [0.1, 0.15) is 23.3 Å². The van der Waals surface area contributed by atoms with Gasteiger partial charge in [0.2, 0.25) is 0 Å². The summed E-state index contributed by atoms with van der Waals surface area (Å²) < 4.78 is 17.9. The average Bonchev–Trinajstić information content (AvgIpc) is 2.88. The molecule has 1 N–H and O–H groups in total. The van der Waals surface area contributed by atoms with Crippen molar-refractivity contribution in [3.63, 3.8) is 0 Å². The fourth-order valence-corrected chi connectivity index (χ4v) is 2.78. The van der Waals surface area contributed by atoms with Crippen LogP contribution in [0.25, 0.3) is 10.9 Å². The second-order valence-corrected chi connectivity index (χ2v) is 9.87. The number of fused-ring (bicyclic) bond motifs is 1. The summed E-state index contributed by atoms with van der Waals surface area (Å²) in [5, 5.41) is 3.19. The topological polar surface area (TPSA) is 95.9 Å². The van der Waals surface area contributed by atoms with Crippen LogP contribution >= 0.6 is 0 Å². The van der Waals surface area contributed by atoms with Crippen LogP contribution in [0.3, 0.4) is 0 Å². The van der Waals surface area contributed by atoms with Crippen molar-refractivity contribution >= 4 is 28.9 Å². The van der Waals surface area contributed by atoms with Crippen LogP contribution in [0, 0.1) is 0 Å². The maximum absolute atomic E-state index is 12.8. The Labute approximate surface area is 182 Å². The minimum Gasteiger partial charge on any atom is -0.459 e. The molecule has 0 radical (unpaired) electrons. The molecule has 0 aliphatic carbocycles. The summed E-state index contributed by atoms with van der Waals surface area (Å²) in [7, 11) is 0. The Morgan fingerprint density at radius 1 is 0.903 bits per heavy atom. The highest BCUT2D eigenvalue weighted by molar-refractivity contribution is 5.93. The van der Waals surface area contributed by atoms with E-state index in [-0.39, 0.29) is 12.3 Å². The van der Waals surface area contributed by atoms with Crippen LogP contribution in [0.15, 0.2) is 30.5 Å². The van der Waals surface area contributed by atoms with E-state index in [4.69, 9.17) is 14.2 Å². The smallest absolute Gasteiger partial charge is 0.408 e. The summed E-state index contributed by atoms with van der Waals surface area (Å²) in [5.74, 6) is -0.792. The lowest BCUT2D eigenvalue weighted by Gasteiger charge is -2.26. The van der Waals surface area contributed by atoms with Crippen LogP contribution in [0.1, 0.15) is 55.4 Å². The summed E-state index contributed by atoms with van der Waals surface area (Å²) in [6, 6.07) is 7.24. The van der Waals surface area contributed by atoms with E-state index in [0.29, 0.717) is 10.9 Å². The number of alkyl carbamates (subject to hydrolysis) is 1. The zero-order valence-corrected chi connectivity index (χ0v) is 19.5. The molecule has 0 atom stereocenters. The first kappa shape index (κ1) is 24.2. The Morgan fingerprint density at radius 2 is 1.48 bits per heavy atom. The number of nitrogens with zero attached hydrogens (tertiary/aromatic N) is 1. The van der Waals surface area contributed by atoms with Gasteiger partial charge in [0.25, 0.3) is 0 Å². The second-order valence-electron chi connectivity index (χ2n) is 9.87. The van der Waals surface area contributed by atoms with E-state index in [1.165, 1.54) is 13.8 Å². The molecule has 1 aromatic carbocycles. The number of esters is 2. The van der Waals surface area contributed by atoms with Crippen LogP contribution in [0.5, 0.6) is 5.75 Å². The quantitative estimate of drug-likeness (QED) is 0.712. The summed E-state index contributed by atoms with van der Waals surface area (Å²) in [6.07, 6.45) is 0.859. The highest BCUT2D eigenvalue weighted by Crippen LogP contribution is 2.29. The Kier molecular flexibility index (Phi) is 6.73. The van der Waals surface area contributed by atoms with Gasteiger partial charge in [-0.25, -0.2) is 9.59 Å². The molecule has 8 nitrogen and oxygen atoms in total. The lowest BCUT2D eigenvalue weighted by atomic mass is 10.1. The van der Waals surface area contributed by atoms with E-state index >= 15 is 0 Å². The van der Waals surface area contributed by atoms with Gasteiger partial charge in [0.05, 0.1) is 5.52 Å². The molecule has 1 amide bonds. The van der Waals surface area contributed by atoms with Crippen LogP contribution in [-0.2, 0) is 25.6 Å². The van der Waals surface area contributed by atoms with Crippen molar-refractivity contribution in [2.75, 3.05) is 0 Å². The standard InChI is InChI=1S/C23H32N2O6/c1-21(2,3)30-18(26)14-25-13-17(15-11-9-10-12-16(15)25)29-19(27)23(7,8)24-20(28)31-22(4,5)6/h9-13H,14H2,1-8H3,(H,24,28). The molecule has 0 saturated heterocycles. The van der Waals surface area contributed by atoms with E-state index in [1.54, 1.807) is 58.4 Å². The first-order valence-corrected chi connectivity index (χ1v) is 10.1. The lowest BCUT2D eigenvalue weighted by molar-refractivity contribution is -0.155. The van der Waals surface area contributed by atoms with Gasteiger partial charge in [0.15, 0.2) is 5.75 Å². The van der Waals surface area contributed by atoms with Crippen LogP contribution in [-0.4, -0.2) is 39.3 Å². The Bertz CT molecular complexity index is 976. The van der Waals surface area contributed by atoms with E-state index in [1.807, 2.05) is 18.2 Å². The average molecular weight is 433 g/mol. The third-order valence-corrected chi connectivity index (χ3v) is 4.00. The van der Waals surface area contributed by atoms with Crippen molar-refractivity contribution in [1.82, 2.24) is 9.88 Å². The molecule has 0 unspecified atom stereocenters. The van der Waals surface area contributed by atoms with Crippen molar-refractivity contribution in [2.45, 2.75) is 78.7 Å². The molecule has 0 fully saturated rings. The fraction of sp³-hybridized carbons (Fsp3) is 0.522. The van der Waals surface area contributed by atoms with Crippen molar-refractivity contribution in [3.05, 3.63) is 30.5 Å². The first-order valence-electron chi connectivity index (χ1n) is 10.1. The van der Waals surface area contributed by atoms with Gasteiger partial charge in [-0.1, -0.05) is 12.1 Å². The summed E-state index contributed by atoms with van der Waals surface area (Å²) >= 11 is 0. The van der Waals surface area contributed by atoms with Crippen LogP contribution < -0.4 is 10.1 Å². The van der Waals surface area contributed by atoms with Gasteiger partial charge in [-0.2, -0.15) is 0 Å². The number of hydrogen-bond acceptors (Lipinski definition) is 6. The number of rotatable bonds is 5. The van der Waals surface area contributed by atoms with Crippen LogP contribution in [0.4, 0.5) is 4.79 Å². The van der Waals surface area contributed by atoms with E-state index in [9.17, 15) is 14.4 Å². The number of para-hydroxylation sites is 1. The fourth-order valence-electron chi connectivity index (χ4n) is 2.78. The Hall–Kier alpha value is -3.03. The van der Waals surface area contributed by atoms with Crippen molar-refractivity contribution in [1.29, 1.82) is 0 Å². The predicted octanol–water partition coefficient (Wildman–Crippen LogP) is 4.19. The molecule has 0 spiro atoms. The zero-order chi connectivity index (χ0) is 23.6. The van der Waals surface area contributed by atoms with Gasteiger partial charge >= 0.3 is 18.0 Å². The first-order chi connectivity index (χ1) is 14.1. The number of amides is 1. The summed E-state index contributed by atoms with van der Waals surface area (Å²) in [5.41, 5.74) is -1.92. The molecule has 2 aromatic rings. The molecule has 0 bridgehead atoms. The highest BCUT2D eigenvalue weighted by Gasteiger charge is 2.34. The molecule has 0 saturated carbocycles. The maximum atomic E-state index is 12.8. The molecule has 170 valence electrons.